The molecule has 4 nitrogen and oxygen atoms in total. The van der Waals surface area contributed by atoms with Crippen molar-refractivity contribution in [2.45, 2.75) is 50.0 Å². The molecule has 2 fully saturated rings. The molecule has 72 valence electrons. The Kier molecular flexibility index (Phi) is 3.46. The maximum Gasteiger partial charge on any atom is 0.0691 e. The van der Waals surface area contributed by atoms with Gasteiger partial charge in [0.15, 0.2) is 0 Å². The highest BCUT2D eigenvalue weighted by atomic mass is 16.3. The highest BCUT2D eigenvalue weighted by Crippen LogP contribution is 2.16. The van der Waals surface area contributed by atoms with Crippen molar-refractivity contribution in [2.24, 2.45) is 11.5 Å². The summed E-state index contributed by atoms with van der Waals surface area (Å²) in [4.78, 5) is 0. The molecule has 0 heterocycles. The third-order valence-corrected chi connectivity index (χ3v) is 2.58. The molecule has 0 aromatic heterocycles. The van der Waals surface area contributed by atoms with Crippen molar-refractivity contribution in [3.8, 4) is 0 Å². The van der Waals surface area contributed by atoms with E-state index in [1.54, 1.807) is 0 Å². The summed E-state index contributed by atoms with van der Waals surface area (Å²) in [6.07, 6.45) is 3.43. The largest absolute Gasteiger partial charge is 0.392 e. The third-order valence-electron chi connectivity index (χ3n) is 2.58. The summed E-state index contributed by atoms with van der Waals surface area (Å²) in [6, 6.07) is 0.176. The Bertz CT molecular complexity index is 111. The van der Waals surface area contributed by atoms with Crippen LogP contribution in [-0.2, 0) is 0 Å². The lowest BCUT2D eigenvalue weighted by Crippen LogP contribution is -2.43. The zero-order chi connectivity index (χ0) is 9.14. The number of aliphatic hydroxyl groups is 2. The number of aliphatic hydroxyl groups excluding tert-OH is 2. The summed E-state index contributed by atoms with van der Waals surface area (Å²) in [5.41, 5.74) is 10.5. The van der Waals surface area contributed by atoms with Crippen LogP contribution in [0.1, 0.15) is 25.7 Å². The van der Waals surface area contributed by atoms with Gasteiger partial charge in [-0.05, 0) is 25.7 Å². The molecule has 0 bridgehead atoms. The molecule has 0 amide bonds. The summed E-state index contributed by atoms with van der Waals surface area (Å²) < 4.78 is 0. The van der Waals surface area contributed by atoms with Crippen LogP contribution >= 0.6 is 0 Å². The molecule has 0 spiro atoms. The fourth-order valence-electron chi connectivity index (χ4n) is 1.02. The molecule has 4 atom stereocenters. The number of hydrogen-bond acceptors (Lipinski definition) is 4. The minimum atomic E-state index is -0.190. The van der Waals surface area contributed by atoms with Gasteiger partial charge in [-0.25, -0.2) is 0 Å². The second-order valence-corrected chi connectivity index (χ2v) is 3.62. The maximum absolute atomic E-state index is 8.59. The smallest absolute Gasteiger partial charge is 0.0691 e. The summed E-state index contributed by atoms with van der Waals surface area (Å²) in [7, 11) is 0. The number of hydrogen-bond donors (Lipinski definition) is 4. The van der Waals surface area contributed by atoms with Gasteiger partial charge in [0, 0.05) is 12.1 Å². The average molecular weight is 174 g/mol. The van der Waals surface area contributed by atoms with Crippen LogP contribution in [0.15, 0.2) is 0 Å². The molecule has 2 saturated carbocycles. The zero-order valence-electron chi connectivity index (χ0n) is 7.19. The van der Waals surface area contributed by atoms with Crippen molar-refractivity contribution in [3.05, 3.63) is 0 Å². The van der Waals surface area contributed by atoms with Gasteiger partial charge < -0.3 is 21.7 Å². The summed E-state index contributed by atoms with van der Waals surface area (Å²) in [6.45, 7) is 0. The molecule has 0 aliphatic heterocycles. The molecule has 2 aliphatic rings. The van der Waals surface area contributed by atoms with Gasteiger partial charge in [0.2, 0.25) is 0 Å². The predicted octanol–water partition coefficient (Wildman–Crippen LogP) is -1.06. The van der Waals surface area contributed by atoms with Gasteiger partial charge in [-0.15, -0.1) is 0 Å². The highest BCUT2D eigenvalue weighted by molar-refractivity contribution is 4.82. The van der Waals surface area contributed by atoms with Crippen molar-refractivity contribution in [1.82, 2.24) is 0 Å². The first-order valence-corrected chi connectivity index (χ1v) is 4.48. The minimum absolute atomic E-state index is 0.0880. The fraction of sp³-hybridized carbons (Fsp3) is 1.00. The van der Waals surface area contributed by atoms with Crippen LogP contribution in [0, 0.1) is 0 Å². The van der Waals surface area contributed by atoms with Crippen LogP contribution < -0.4 is 11.5 Å². The van der Waals surface area contributed by atoms with E-state index in [1.165, 1.54) is 0 Å². The molecule has 0 radical (unpaired) electrons. The Labute approximate surface area is 72.6 Å². The SMILES string of the molecule is N[C@@H]1CC[C@H]1O.N[C@H]1CC[C@@H]1O. The predicted molar refractivity (Wildman–Crippen MR) is 46.4 cm³/mol. The van der Waals surface area contributed by atoms with E-state index in [4.69, 9.17) is 21.7 Å². The quantitative estimate of drug-likeness (QED) is 0.376. The second-order valence-electron chi connectivity index (χ2n) is 3.62. The van der Waals surface area contributed by atoms with Crippen molar-refractivity contribution in [3.63, 3.8) is 0 Å². The van der Waals surface area contributed by atoms with E-state index >= 15 is 0 Å². The van der Waals surface area contributed by atoms with Gasteiger partial charge >= 0.3 is 0 Å². The third kappa shape index (κ3) is 2.42. The standard InChI is InChI=1S/2C4H9NO/c2*5-3-1-2-4(3)6/h2*3-4,6H,1-2,5H2/t2*3-,4-/m10/s1. The Morgan fingerprint density at radius 2 is 1.00 bits per heavy atom. The maximum atomic E-state index is 8.59. The van der Waals surface area contributed by atoms with Crippen molar-refractivity contribution < 1.29 is 10.2 Å². The molecule has 6 N–H and O–H groups in total. The molecule has 0 aromatic rings. The number of rotatable bonds is 0. The van der Waals surface area contributed by atoms with Gasteiger partial charge in [-0.2, -0.15) is 0 Å². The summed E-state index contributed by atoms with van der Waals surface area (Å²) in [5, 5.41) is 17.2. The normalized spacial score (nSPS) is 45.0. The van der Waals surface area contributed by atoms with Crippen molar-refractivity contribution in [2.75, 3.05) is 0 Å². The Hall–Kier alpha value is -0.160. The first-order valence-electron chi connectivity index (χ1n) is 4.48. The molecule has 0 unspecified atom stereocenters. The van der Waals surface area contributed by atoms with Gasteiger partial charge in [0.25, 0.3) is 0 Å². The molecule has 0 saturated heterocycles. The van der Waals surface area contributed by atoms with Gasteiger partial charge in [-0.3, -0.25) is 0 Å². The molecule has 2 aliphatic carbocycles. The molecule has 2 rings (SSSR count). The molecular formula is C8H18N2O2. The van der Waals surface area contributed by atoms with Gasteiger partial charge in [0.1, 0.15) is 0 Å². The Morgan fingerprint density at radius 3 is 1.00 bits per heavy atom. The number of nitrogens with two attached hydrogens (primary N) is 2. The molecular weight excluding hydrogens is 156 g/mol. The lowest BCUT2D eigenvalue weighted by atomic mass is 9.90. The van der Waals surface area contributed by atoms with Crippen molar-refractivity contribution >= 4 is 0 Å². The van der Waals surface area contributed by atoms with E-state index in [2.05, 4.69) is 0 Å². The minimum Gasteiger partial charge on any atom is -0.392 e. The monoisotopic (exact) mass is 174 g/mol. The van der Waals surface area contributed by atoms with Crippen molar-refractivity contribution in [1.29, 1.82) is 0 Å². The van der Waals surface area contributed by atoms with Gasteiger partial charge in [0.05, 0.1) is 12.2 Å². The fourth-order valence-corrected chi connectivity index (χ4v) is 1.02. The summed E-state index contributed by atoms with van der Waals surface area (Å²) >= 11 is 0. The lowest BCUT2D eigenvalue weighted by molar-refractivity contribution is 0.0691. The first-order chi connectivity index (χ1) is 5.61. The van der Waals surface area contributed by atoms with E-state index in [9.17, 15) is 0 Å². The van der Waals surface area contributed by atoms with E-state index in [1.807, 2.05) is 0 Å². The van der Waals surface area contributed by atoms with E-state index in [-0.39, 0.29) is 24.3 Å². The van der Waals surface area contributed by atoms with E-state index in [0.29, 0.717) is 0 Å². The molecule has 12 heavy (non-hydrogen) atoms. The average Bonchev–Trinajstić information content (AvgIpc) is 2.12. The van der Waals surface area contributed by atoms with Crippen LogP contribution in [0.5, 0.6) is 0 Å². The van der Waals surface area contributed by atoms with Crippen LogP contribution in [0.4, 0.5) is 0 Å². The van der Waals surface area contributed by atoms with Crippen LogP contribution in [0.3, 0.4) is 0 Å². The Morgan fingerprint density at radius 1 is 0.750 bits per heavy atom. The summed E-state index contributed by atoms with van der Waals surface area (Å²) in [5.74, 6) is 0. The van der Waals surface area contributed by atoms with E-state index in [0.717, 1.165) is 25.7 Å². The van der Waals surface area contributed by atoms with Gasteiger partial charge in [-0.1, -0.05) is 0 Å². The zero-order valence-corrected chi connectivity index (χ0v) is 7.19. The first kappa shape index (κ1) is 9.92. The van der Waals surface area contributed by atoms with Crippen LogP contribution in [0.25, 0.3) is 0 Å². The van der Waals surface area contributed by atoms with Crippen LogP contribution in [-0.4, -0.2) is 34.5 Å². The van der Waals surface area contributed by atoms with Crippen LogP contribution in [0.2, 0.25) is 0 Å². The topological polar surface area (TPSA) is 92.5 Å². The highest BCUT2D eigenvalue weighted by Gasteiger charge is 2.24. The second kappa shape index (κ2) is 4.18. The molecule has 4 heteroatoms. The molecule has 0 aromatic carbocycles. The lowest BCUT2D eigenvalue weighted by Gasteiger charge is -2.27. The van der Waals surface area contributed by atoms with E-state index < -0.39 is 0 Å². The Balaban J connectivity index is 0.000000120.